The monoisotopic (exact) mass is 376 g/mol. The highest BCUT2D eigenvalue weighted by molar-refractivity contribution is 5.90. The fraction of sp³-hybridized carbons (Fsp3) is 0.857. The van der Waals surface area contributed by atoms with Crippen LogP contribution in [0.1, 0.15) is 65.2 Å². The molecule has 0 radical (unpaired) electrons. The molecule has 6 heteroatoms. The second-order valence-electron chi connectivity index (χ2n) is 9.68. The standard InChI is InChI=1S/C21H32N2O4/c1-13(2)22-18(24)12-27-19(25)17-4-3-5-23(17)20(26)21-9-14-6-15(10-21)8-16(7-14)11-21/h13-17H,3-12H2,1-2H3,(H,22,24). The summed E-state index contributed by atoms with van der Waals surface area (Å²) in [6.45, 7) is 4.09. The van der Waals surface area contributed by atoms with E-state index in [4.69, 9.17) is 4.74 Å². The van der Waals surface area contributed by atoms with Crippen molar-refractivity contribution in [1.82, 2.24) is 10.2 Å². The molecule has 1 aliphatic heterocycles. The average molecular weight is 376 g/mol. The molecule has 6 nitrogen and oxygen atoms in total. The second kappa shape index (κ2) is 7.10. The quantitative estimate of drug-likeness (QED) is 0.747. The summed E-state index contributed by atoms with van der Waals surface area (Å²) in [4.78, 5) is 39.7. The zero-order valence-electron chi connectivity index (χ0n) is 16.5. The SMILES string of the molecule is CC(C)NC(=O)COC(=O)C1CCCN1C(=O)C12CC3CC(CC(C3)C1)C2. The molecular weight excluding hydrogens is 344 g/mol. The van der Waals surface area contributed by atoms with Gasteiger partial charge in [0.2, 0.25) is 5.91 Å². The molecule has 5 fully saturated rings. The van der Waals surface area contributed by atoms with E-state index in [9.17, 15) is 14.4 Å². The van der Waals surface area contributed by atoms with Crippen LogP contribution < -0.4 is 5.32 Å². The summed E-state index contributed by atoms with van der Waals surface area (Å²) in [5, 5.41) is 2.71. The molecule has 0 aromatic carbocycles. The zero-order chi connectivity index (χ0) is 19.2. The van der Waals surface area contributed by atoms with Gasteiger partial charge in [-0.25, -0.2) is 4.79 Å². The summed E-state index contributed by atoms with van der Waals surface area (Å²) < 4.78 is 5.24. The minimum Gasteiger partial charge on any atom is -0.454 e. The molecule has 1 atom stereocenters. The van der Waals surface area contributed by atoms with Crippen LogP contribution in [0.4, 0.5) is 0 Å². The molecule has 0 spiro atoms. The van der Waals surface area contributed by atoms with E-state index in [1.54, 1.807) is 4.90 Å². The first-order valence-electron chi connectivity index (χ1n) is 10.6. The molecule has 0 aromatic rings. The third kappa shape index (κ3) is 3.59. The summed E-state index contributed by atoms with van der Waals surface area (Å²) in [7, 11) is 0. The topological polar surface area (TPSA) is 75.7 Å². The van der Waals surface area contributed by atoms with E-state index in [1.165, 1.54) is 19.3 Å². The molecule has 27 heavy (non-hydrogen) atoms. The molecule has 4 saturated carbocycles. The van der Waals surface area contributed by atoms with Gasteiger partial charge in [-0.3, -0.25) is 9.59 Å². The van der Waals surface area contributed by atoms with Crippen molar-refractivity contribution >= 4 is 17.8 Å². The van der Waals surface area contributed by atoms with Gasteiger partial charge in [0.25, 0.3) is 5.91 Å². The van der Waals surface area contributed by atoms with Crippen molar-refractivity contribution in [3.8, 4) is 0 Å². The van der Waals surface area contributed by atoms with Crippen LogP contribution in [0.5, 0.6) is 0 Å². The van der Waals surface area contributed by atoms with Crippen LogP contribution in [-0.2, 0) is 19.1 Å². The van der Waals surface area contributed by atoms with Gasteiger partial charge in [-0.1, -0.05) is 0 Å². The maximum absolute atomic E-state index is 13.5. The smallest absolute Gasteiger partial charge is 0.329 e. The van der Waals surface area contributed by atoms with Crippen molar-refractivity contribution < 1.29 is 19.1 Å². The Morgan fingerprint density at radius 1 is 1.07 bits per heavy atom. The van der Waals surface area contributed by atoms with E-state index in [-0.39, 0.29) is 29.9 Å². The largest absolute Gasteiger partial charge is 0.454 e. The van der Waals surface area contributed by atoms with Gasteiger partial charge in [-0.2, -0.15) is 0 Å². The number of nitrogens with zero attached hydrogens (tertiary/aromatic N) is 1. The third-order valence-electron chi connectivity index (χ3n) is 7.07. The summed E-state index contributed by atoms with van der Waals surface area (Å²) in [6, 6.07) is -0.505. The van der Waals surface area contributed by atoms with Crippen molar-refractivity contribution in [1.29, 1.82) is 0 Å². The van der Waals surface area contributed by atoms with Gasteiger partial charge in [-0.15, -0.1) is 0 Å². The molecule has 1 heterocycles. The van der Waals surface area contributed by atoms with Crippen LogP contribution in [0.25, 0.3) is 0 Å². The number of carbonyl (C=O) groups excluding carboxylic acids is 3. The van der Waals surface area contributed by atoms with E-state index < -0.39 is 12.0 Å². The summed E-state index contributed by atoms with van der Waals surface area (Å²) in [6.07, 6.45) is 8.38. The van der Waals surface area contributed by atoms with Gasteiger partial charge >= 0.3 is 5.97 Å². The van der Waals surface area contributed by atoms with E-state index in [0.29, 0.717) is 30.7 Å². The van der Waals surface area contributed by atoms with Crippen molar-refractivity contribution in [3.05, 3.63) is 0 Å². The third-order valence-corrected chi connectivity index (χ3v) is 7.07. The zero-order valence-corrected chi connectivity index (χ0v) is 16.5. The Hall–Kier alpha value is -1.59. The highest BCUT2D eigenvalue weighted by atomic mass is 16.5. The first-order valence-corrected chi connectivity index (χ1v) is 10.6. The number of ether oxygens (including phenoxy) is 1. The average Bonchev–Trinajstić information content (AvgIpc) is 3.06. The minimum atomic E-state index is -0.516. The lowest BCUT2D eigenvalue weighted by Gasteiger charge is -2.56. The highest BCUT2D eigenvalue weighted by Crippen LogP contribution is 2.60. The van der Waals surface area contributed by atoms with Crippen molar-refractivity contribution in [2.75, 3.05) is 13.2 Å². The normalized spacial score (nSPS) is 36.9. The Balaban J connectivity index is 1.40. The fourth-order valence-electron chi connectivity index (χ4n) is 6.53. The maximum Gasteiger partial charge on any atom is 0.329 e. The van der Waals surface area contributed by atoms with Crippen LogP contribution >= 0.6 is 0 Å². The number of amides is 2. The van der Waals surface area contributed by atoms with Gasteiger partial charge < -0.3 is 15.0 Å². The van der Waals surface area contributed by atoms with E-state index >= 15 is 0 Å². The molecular formula is C21H32N2O4. The van der Waals surface area contributed by atoms with Crippen molar-refractivity contribution in [3.63, 3.8) is 0 Å². The maximum atomic E-state index is 13.5. The van der Waals surface area contributed by atoms with Crippen molar-refractivity contribution in [2.24, 2.45) is 23.2 Å². The first-order chi connectivity index (χ1) is 12.9. The second-order valence-corrected chi connectivity index (χ2v) is 9.68. The Kier molecular flexibility index (Phi) is 4.93. The van der Waals surface area contributed by atoms with Gasteiger partial charge in [0.1, 0.15) is 6.04 Å². The van der Waals surface area contributed by atoms with Crippen LogP contribution in [0.3, 0.4) is 0 Å². The Morgan fingerprint density at radius 3 is 2.22 bits per heavy atom. The van der Waals surface area contributed by atoms with E-state index in [2.05, 4.69) is 5.32 Å². The van der Waals surface area contributed by atoms with E-state index in [1.807, 2.05) is 13.8 Å². The molecule has 1 unspecified atom stereocenters. The van der Waals surface area contributed by atoms with Gasteiger partial charge in [-0.05, 0) is 83.0 Å². The van der Waals surface area contributed by atoms with Gasteiger partial charge in [0.15, 0.2) is 6.61 Å². The summed E-state index contributed by atoms with van der Waals surface area (Å²) in [5.41, 5.74) is -0.230. The number of likely N-dealkylation sites (tertiary alicyclic amines) is 1. The number of nitrogens with one attached hydrogen (secondary N) is 1. The molecule has 4 bridgehead atoms. The molecule has 0 aromatic heterocycles. The predicted octanol–water partition coefficient (Wildman–Crippen LogP) is 2.26. The van der Waals surface area contributed by atoms with Crippen LogP contribution in [0.15, 0.2) is 0 Å². The van der Waals surface area contributed by atoms with Crippen LogP contribution in [-0.4, -0.2) is 47.9 Å². The number of esters is 1. The lowest BCUT2D eigenvalue weighted by Crippen LogP contribution is -2.56. The van der Waals surface area contributed by atoms with Crippen LogP contribution in [0, 0.1) is 23.2 Å². The number of hydrogen-bond donors (Lipinski definition) is 1. The van der Waals surface area contributed by atoms with Gasteiger partial charge in [0, 0.05) is 12.6 Å². The molecule has 150 valence electrons. The Labute approximate surface area is 161 Å². The summed E-state index contributed by atoms with van der Waals surface area (Å²) in [5.74, 6) is 1.57. The molecule has 1 N–H and O–H groups in total. The summed E-state index contributed by atoms with van der Waals surface area (Å²) >= 11 is 0. The van der Waals surface area contributed by atoms with Crippen LogP contribution in [0.2, 0.25) is 0 Å². The highest BCUT2D eigenvalue weighted by Gasteiger charge is 2.56. The fourth-order valence-corrected chi connectivity index (χ4v) is 6.53. The molecule has 5 rings (SSSR count). The Morgan fingerprint density at radius 2 is 1.67 bits per heavy atom. The Bertz CT molecular complexity index is 594. The first kappa shape index (κ1) is 18.8. The number of carbonyl (C=O) groups is 3. The number of rotatable bonds is 5. The van der Waals surface area contributed by atoms with Crippen molar-refractivity contribution in [2.45, 2.75) is 77.3 Å². The minimum absolute atomic E-state index is 0.0110. The van der Waals surface area contributed by atoms with Gasteiger partial charge in [0.05, 0.1) is 5.41 Å². The lowest BCUT2D eigenvalue weighted by molar-refractivity contribution is -0.166. The number of hydrogen-bond acceptors (Lipinski definition) is 4. The molecule has 1 saturated heterocycles. The predicted molar refractivity (Wildman–Crippen MR) is 99.6 cm³/mol. The molecule has 2 amide bonds. The lowest BCUT2D eigenvalue weighted by atomic mass is 9.49. The molecule has 5 aliphatic rings. The van der Waals surface area contributed by atoms with E-state index in [0.717, 1.165) is 25.7 Å². The molecule has 4 aliphatic carbocycles.